The zero-order valence-corrected chi connectivity index (χ0v) is 10.8. The van der Waals surface area contributed by atoms with Gasteiger partial charge in [-0.2, -0.15) is 13.2 Å². The van der Waals surface area contributed by atoms with E-state index in [4.69, 9.17) is 5.73 Å². The van der Waals surface area contributed by atoms with Crippen LogP contribution in [0.4, 0.5) is 13.2 Å². The Morgan fingerprint density at radius 2 is 1.95 bits per heavy atom. The topological polar surface area (TPSA) is 46.3 Å². The van der Waals surface area contributed by atoms with Gasteiger partial charge in [0.15, 0.2) is 0 Å². The molecule has 1 aromatic carbocycles. The number of rotatable bonds is 1. The zero-order chi connectivity index (χ0) is 13.3. The van der Waals surface area contributed by atoms with E-state index < -0.39 is 17.6 Å². The number of likely N-dealkylation sites (tertiary alicyclic amines) is 1. The lowest BCUT2D eigenvalue weighted by Gasteiger charge is -2.19. The van der Waals surface area contributed by atoms with Crippen LogP contribution in [0.25, 0.3) is 0 Å². The summed E-state index contributed by atoms with van der Waals surface area (Å²) in [5.41, 5.74) is 4.45. The molecule has 1 aliphatic heterocycles. The quantitative estimate of drug-likeness (QED) is 0.864. The van der Waals surface area contributed by atoms with E-state index in [1.54, 1.807) is 0 Å². The normalized spacial score (nSPS) is 19.2. The Morgan fingerprint density at radius 1 is 1.32 bits per heavy atom. The first-order valence-corrected chi connectivity index (χ1v) is 5.60. The number of halogens is 4. The van der Waals surface area contributed by atoms with Crippen molar-refractivity contribution in [2.75, 3.05) is 13.1 Å². The van der Waals surface area contributed by atoms with Crippen molar-refractivity contribution in [2.24, 2.45) is 5.73 Å². The Morgan fingerprint density at radius 3 is 2.47 bits per heavy atom. The van der Waals surface area contributed by atoms with Gasteiger partial charge in [-0.1, -0.05) is 12.1 Å². The van der Waals surface area contributed by atoms with Gasteiger partial charge in [-0.15, -0.1) is 12.4 Å². The van der Waals surface area contributed by atoms with Gasteiger partial charge in [0.05, 0.1) is 11.1 Å². The molecule has 3 nitrogen and oxygen atoms in total. The fourth-order valence-electron chi connectivity index (χ4n) is 2.06. The van der Waals surface area contributed by atoms with Gasteiger partial charge >= 0.3 is 6.18 Å². The van der Waals surface area contributed by atoms with Gasteiger partial charge in [0.1, 0.15) is 0 Å². The fourth-order valence-corrected chi connectivity index (χ4v) is 2.06. The molecule has 0 bridgehead atoms. The highest BCUT2D eigenvalue weighted by atomic mass is 35.5. The molecular formula is C12H14ClF3N2O. The van der Waals surface area contributed by atoms with Gasteiger partial charge < -0.3 is 10.6 Å². The number of nitrogens with zero attached hydrogens (tertiary/aromatic N) is 1. The molecule has 1 unspecified atom stereocenters. The van der Waals surface area contributed by atoms with Crippen molar-refractivity contribution in [2.45, 2.75) is 18.6 Å². The second kappa shape index (κ2) is 5.79. The first-order valence-electron chi connectivity index (χ1n) is 5.60. The second-order valence-corrected chi connectivity index (χ2v) is 4.34. The fraction of sp³-hybridized carbons (Fsp3) is 0.417. The van der Waals surface area contributed by atoms with Crippen molar-refractivity contribution in [3.63, 3.8) is 0 Å². The molecule has 0 radical (unpaired) electrons. The molecule has 2 rings (SSSR count). The summed E-state index contributed by atoms with van der Waals surface area (Å²) in [5.74, 6) is -0.601. The smallest absolute Gasteiger partial charge is 0.337 e. The number of hydrogen-bond donors (Lipinski definition) is 1. The van der Waals surface area contributed by atoms with Gasteiger partial charge in [0.25, 0.3) is 5.91 Å². The van der Waals surface area contributed by atoms with E-state index in [2.05, 4.69) is 0 Å². The van der Waals surface area contributed by atoms with Crippen LogP contribution in [-0.4, -0.2) is 29.9 Å². The highest BCUT2D eigenvalue weighted by molar-refractivity contribution is 5.96. The number of carbonyl (C=O) groups is 1. The van der Waals surface area contributed by atoms with E-state index in [9.17, 15) is 18.0 Å². The summed E-state index contributed by atoms with van der Waals surface area (Å²) in [6.07, 6.45) is -3.89. The molecule has 2 N–H and O–H groups in total. The third-order valence-corrected chi connectivity index (χ3v) is 2.97. The molecule has 0 saturated carbocycles. The third kappa shape index (κ3) is 3.39. The van der Waals surface area contributed by atoms with Crippen LogP contribution in [-0.2, 0) is 6.18 Å². The Labute approximate surface area is 115 Å². The Hall–Kier alpha value is -1.27. The molecule has 1 aliphatic rings. The van der Waals surface area contributed by atoms with Crippen LogP contribution in [0.3, 0.4) is 0 Å². The SMILES string of the molecule is Cl.NC1CCN(C(=O)c2ccccc2C(F)(F)F)C1. The van der Waals surface area contributed by atoms with E-state index in [0.29, 0.717) is 19.5 Å². The van der Waals surface area contributed by atoms with E-state index in [1.165, 1.54) is 23.1 Å². The molecular weight excluding hydrogens is 281 g/mol. The average molecular weight is 295 g/mol. The molecule has 1 atom stereocenters. The van der Waals surface area contributed by atoms with E-state index in [0.717, 1.165) is 6.07 Å². The molecule has 1 heterocycles. The molecule has 106 valence electrons. The van der Waals surface area contributed by atoms with Gasteiger partial charge in [-0.25, -0.2) is 0 Å². The number of benzene rings is 1. The van der Waals surface area contributed by atoms with Crippen molar-refractivity contribution in [1.29, 1.82) is 0 Å². The monoisotopic (exact) mass is 294 g/mol. The van der Waals surface area contributed by atoms with E-state index >= 15 is 0 Å². The van der Waals surface area contributed by atoms with Crippen LogP contribution in [0.1, 0.15) is 22.3 Å². The maximum Gasteiger partial charge on any atom is 0.417 e. The summed E-state index contributed by atoms with van der Waals surface area (Å²) in [6, 6.07) is 4.68. The highest BCUT2D eigenvalue weighted by Gasteiger charge is 2.36. The van der Waals surface area contributed by atoms with E-state index in [-0.39, 0.29) is 24.0 Å². The Kier molecular flexibility index (Phi) is 4.81. The maximum atomic E-state index is 12.8. The molecule has 7 heteroatoms. The van der Waals surface area contributed by atoms with Crippen LogP contribution in [0, 0.1) is 0 Å². The van der Waals surface area contributed by atoms with E-state index in [1.807, 2.05) is 0 Å². The molecule has 1 saturated heterocycles. The summed E-state index contributed by atoms with van der Waals surface area (Å²) >= 11 is 0. The van der Waals surface area contributed by atoms with Gasteiger partial charge in [-0.05, 0) is 18.6 Å². The summed E-state index contributed by atoms with van der Waals surface area (Å²) in [4.78, 5) is 13.4. The minimum Gasteiger partial charge on any atom is -0.337 e. The largest absolute Gasteiger partial charge is 0.417 e. The number of alkyl halides is 3. The van der Waals surface area contributed by atoms with Crippen LogP contribution in [0.15, 0.2) is 24.3 Å². The lowest BCUT2D eigenvalue weighted by Crippen LogP contribution is -2.33. The lowest BCUT2D eigenvalue weighted by atomic mass is 10.1. The van der Waals surface area contributed by atoms with Gasteiger partial charge in [-0.3, -0.25) is 4.79 Å². The first-order chi connectivity index (χ1) is 8.39. The summed E-state index contributed by atoms with van der Waals surface area (Å²) < 4.78 is 38.3. The Bertz CT molecular complexity index is 465. The number of nitrogens with two attached hydrogens (primary N) is 1. The number of carbonyl (C=O) groups excluding carboxylic acids is 1. The molecule has 0 aromatic heterocycles. The predicted octanol–water partition coefficient (Wildman–Crippen LogP) is 2.30. The number of hydrogen-bond acceptors (Lipinski definition) is 2. The highest BCUT2D eigenvalue weighted by Crippen LogP contribution is 2.32. The van der Waals surface area contributed by atoms with Crippen molar-refractivity contribution in [3.8, 4) is 0 Å². The minimum atomic E-state index is -4.52. The summed E-state index contributed by atoms with van der Waals surface area (Å²) in [5, 5.41) is 0. The standard InChI is InChI=1S/C12H13F3N2O.ClH/c13-12(14,15)10-4-2-1-3-9(10)11(18)17-6-5-8(16)7-17;/h1-4,8H,5-7,16H2;1H. The van der Waals surface area contributed by atoms with Crippen LogP contribution >= 0.6 is 12.4 Å². The molecule has 0 spiro atoms. The molecule has 0 aliphatic carbocycles. The van der Waals surface area contributed by atoms with Crippen LogP contribution in [0.2, 0.25) is 0 Å². The van der Waals surface area contributed by atoms with Crippen molar-refractivity contribution in [1.82, 2.24) is 4.90 Å². The summed E-state index contributed by atoms with van der Waals surface area (Å²) in [7, 11) is 0. The zero-order valence-electron chi connectivity index (χ0n) is 9.98. The maximum absolute atomic E-state index is 12.8. The third-order valence-electron chi connectivity index (χ3n) is 2.97. The number of amides is 1. The average Bonchev–Trinajstić information content (AvgIpc) is 2.74. The van der Waals surface area contributed by atoms with Crippen molar-refractivity contribution in [3.05, 3.63) is 35.4 Å². The minimum absolute atomic E-state index is 0. The van der Waals surface area contributed by atoms with Gasteiger partial charge in [0, 0.05) is 19.1 Å². The molecule has 1 fully saturated rings. The molecule has 1 aromatic rings. The van der Waals surface area contributed by atoms with Crippen molar-refractivity contribution < 1.29 is 18.0 Å². The van der Waals surface area contributed by atoms with Crippen LogP contribution in [0.5, 0.6) is 0 Å². The van der Waals surface area contributed by atoms with Gasteiger partial charge in [0.2, 0.25) is 0 Å². The lowest BCUT2D eigenvalue weighted by molar-refractivity contribution is -0.138. The van der Waals surface area contributed by atoms with Crippen molar-refractivity contribution >= 4 is 18.3 Å². The molecule has 19 heavy (non-hydrogen) atoms. The van der Waals surface area contributed by atoms with Crippen LogP contribution < -0.4 is 5.73 Å². The second-order valence-electron chi connectivity index (χ2n) is 4.34. The molecule has 1 amide bonds. The Balaban J connectivity index is 0.00000180. The first kappa shape index (κ1) is 15.8. The summed E-state index contributed by atoms with van der Waals surface area (Å²) in [6.45, 7) is 0.719. The predicted molar refractivity (Wildman–Crippen MR) is 67.2 cm³/mol.